The Morgan fingerprint density at radius 3 is 2.73 bits per heavy atom. The first kappa shape index (κ1) is 16.6. The minimum absolute atomic E-state index is 0.159. The molecular formula is C12H13BrN4O4S. The third-order valence-electron chi connectivity index (χ3n) is 2.81. The quantitative estimate of drug-likeness (QED) is 0.442. The van der Waals surface area contributed by atoms with Gasteiger partial charge >= 0.3 is 0 Å². The van der Waals surface area contributed by atoms with Crippen molar-refractivity contribution in [3.05, 3.63) is 51.2 Å². The summed E-state index contributed by atoms with van der Waals surface area (Å²) in [6.45, 7) is 0.691. The Bertz CT molecular complexity index is 775. The second-order valence-corrected chi connectivity index (χ2v) is 7.05. The van der Waals surface area contributed by atoms with Crippen LogP contribution in [-0.4, -0.2) is 29.7 Å². The molecule has 0 saturated heterocycles. The van der Waals surface area contributed by atoms with Gasteiger partial charge in [-0.05, 0) is 28.4 Å². The minimum Gasteiger partial charge on any atom is -0.272 e. The summed E-state index contributed by atoms with van der Waals surface area (Å²) in [6, 6.07) is 5.25. The number of hydrogen-bond acceptors (Lipinski definition) is 5. The molecule has 1 N–H and O–H groups in total. The van der Waals surface area contributed by atoms with E-state index in [2.05, 4.69) is 25.8 Å². The SMILES string of the molecule is O=[N+]([O-])c1ccccc1S(=O)(=O)NCCCn1cc(Br)cn1. The van der Waals surface area contributed by atoms with Crippen molar-refractivity contribution in [1.29, 1.82) is 0 Å². The van der Waals surface area contributed by atoms with Crippen LogP contribution in [0.4, 0.5) is 5.69 Å². The van der Waals surface area contributed by atoms with E-state index in [0.717, 1.165) is 10.5 Å². The van der Waals surface area contributed by atoms with Gasteiger partial charge in [0.05, 0.1) is 15.6 Å². The highest BCUT2D eigenvalue weighted by atomic mass is 79.9. The Morgan fingerprint density at radius 2 is 2.09 bits per heavy atom. The van der Waals surface area contributed by atoms with Gasteiger partial charge in [-0.15, -0.1) is 0 Å². The normalized spacial score (nSPS) is 11.5. The highest BCUT2D eigenvalue weighted by Crippen LogP contribution is 2.22. The van der Waals surface area contributed by atoms with Gasteiger partial charge in [-0.1, -0.05) is 12.1 Å². The lowest BCUT2D eigenvalue weighted by Gasteiger charge is -2.07. The van der Waals surface area contributed by atoms with Crippen molar-refractivity contribution in [1.82, 2.24) is 14.5 Å². The van der Waals surface area contributed by atoms with E-state index in [9.17, 15) is 18.5 Å². The van der Waals surface area contributed by atoms with Crippen LogP contribution in [0.25, 0.3) is 0 Å². The first-order chi connectivity index (χ1) is 10.4. The summed E-state index contributed by atoms with van der Waals surface area (Å²) in [7, 11) is -3.92. The lowest BCUT2D eigenvalue weighted by Crippen LogP contribution is -2.26. The van der Waals surface area contributed by atoms with Crippen molar-refractivity contribution in [3.63, 3.8) is 0 Å². The highest BCUT2D eigenvalue weighted by molar-refractivity contribution is 9.10. The average molecular weight is 389 g/mol. The zero-order valence-corrected chi connectivity index (χ0v) is 13.7. The maximum atomic E-state index is 12.1. The van der Waals surface area contributed by atoms with Crippen molar-refractivity contribution in [3.8, 4) is 0 Å². The first-order valence-corrected chi connectivity index (χ1v) is 8.59. The van der Waals surface area contributed by atoms with Crippen LogP contribution in [0, 0.1) is 10.1 Å². The van der Waals surface area contributed by atoms with E-state index in [4.69, 9.17) is 0 Å². The summed E-state index contributed by atoms with van der Waals surface area (Å²) in [6.07, 6.45) is 3.92. The number of nitrogens with one attached hydrogen (secondary N) is 1. The number of nitrogens with zero attached hydrogens (tertiary/aromatic N) is 3. The predicted molar refractivity (Wildman–Crippen MR) is 82.8 cm³/mol. The highest BCUT2D eigenvalue weighted by Gasteiger charge is 2.24. The van der Waals surface area contributed by atoms with Crippen molar-refractivity contribution in [2.24, 2.45) is 0 Å². The number of sulfonamides is 1. The Hall–Kier alpha value is -1.78. The van der Waals surface area contributed by atoms with Crippen LogP contribution in [0.2, 0.25) is 0 Å². The van der Waals surface area contributed by atoms with Crippen molar-refractivity contribution < 1.29 is 13.3 Å². The molecule has 2 rings (SSSR count). The summed E-state index contributed by atoms with van der Waals surface area (Å²) in [4.78, 5) is 9.84. The van der Waals surface area contributed by atoms with E-state index in [-0.39, 0.29) is 11.4 Å². The molecule has 8 nitrogen and oxygen atoms in total. The maximum absolute atomic E-state index is 12.1. The van der Waals surface area contributed by atoms with Gasteiger partial charge < -0.3 is 0 Å². The predicted octanol–water partition coefficient (Wildman–Crippen LogP) is 1.92. The van der Waals surface area contributed by atoms with Crippen LogP contribution in [0.3, 0.4) is 0 Å². The molecule has 0 spiro atoms. The fourth-order valence-corrected chi connectivity index (χ4v) is 3.39. The lowest BCUT2D eigenvalue weighted by molar-refractivity contribution is -0.387. The van der Waals surface area contributed by atoms with Gasteiger partial charge in [0.25, 0.3) is 5.69 Å². The third-order valence-corrected chi connectivity index (χ3v) is 4.73. The molecule has 1 heterocycles. The average Bonchev–Trinajstić information content (AvgIpc) is 2.89. The maximum Gasteiger partial charge on any atom is 0.289 e. The molecule has 1 aromatic carbocycles. The molecule has 0 aliphatic rings. The number of rotatable bonds is 7. The number of hydrogen-bond donors (Lipinski definition) is 1. The molecule has 0 radical (unpaired) electrons. The summed E-state index contributed by atoms with van der Waals surface area (Å²) in [5.74, 6) is 0. The topological polar surface area (TPSA) is 107 Å². The molecule has 0 aliphatic heterocycles. The summed E-state index contributed by atoms with van der Waals surface area (Å²) >= 11 is 3.27. The Labute approximate surface area is 135 Å². The van der Waals surface area contributed by atoms with Crippen molar-refractivity contribution >= 4 is 31.6 Å². The molecule has 118 valence electrons. The monoisotopic (exact) mass is 388 g/mol. The zero-order chi connectivity index (χ0) is 16.2. The van der Waals surface area contributed by atoms with Crippen LogP contribution in [0.5, 0.6) is 0 Å². The molecule has 0 fully saturated rings. The number of aryl methyl sites for hydroxylation is 1. The zero-order valence-electron chi connectivity index (χ0n) is 11.3. The van der Waals surface area contributed by atoms with Crippen LogP contribution < -0.4 is 4.72 Å². The van der Waals surface area contributed by atoms with Gasteiger partial charge in [0.1, 0.15) is 0 Å². The smallest absolute Gasteiger partial charge is 0.272 e. The molecule has 2 aromatic rings. The van der Waals surface area contributed by atoms with E-state index in [1.54, 1.807) is 17.1 Å². The molecule has 0 atom stereocenters. The fraction of sp³-hybridized carbons (Fsp3) is 0.250. The Morgan fingerprint density at radius 1 is 1.36 bits per heavy atom. The first-order valence-electron chi connectivity index (χ1n) is 6.31. The fourth-order valence-electron chi connectivity index (χ4n) is 1.82. The molecule has 22 heavy (non-hydrogen) atoms. The van der Waals surface area contributed by atoms with Gasteiger partial charge in [-0.25, -0.2) is 13.1 Å². The molecule has 0 aliphatic carbocycles. The Balaban J connectivity index is 1.98. The minimum atomic E-state index is -3.92. The number of halogens is 1. The second kappa shape index (κ2) is 6.99. The van der Waals surface area contributed by atoms with Gasteiger partial charge in [0, 0.05) is 25.4 Å². The largest absolute Gasteiger partial charge is 0.289 e. The molecule has 0 amide bonds. The molecule has 0 bridgehead atoms. The van der Waals surface area contributed by atoms with E-state index in [1.807, 2.05) is 0 Å². The van der Waals surface area contributed by atoms with Crippen LogP contribution in [0.1, 0.15) is 6.42 Å². The van der Waals surface area contributed by atoms with E-state index in [0.29, 0.717) is 13.0 Å². The van der Waals surface area contributed by atoms with Gasteiger partial charge in [0.15, 0.2) is 4.90 Å². The summed E-state index contributed by atoms with van der Waals surface area (Å²) < 4.78 is 29.1. The number of nitro benzene ring substituents is 1. The van der Waals surface area contributed by atoms with Crippen molar-refractivity contribution in [2.75, 3.05) is 6.54 Å². The van der Waals surface area contributed by atoms with Crippen molar-refractivity contribution in [2.45, 2.75) is 17.9 Å². The summed E-state index contributed by atoms with van der Waals surface area (Å²) in [5, 5.41) is 14.9. The van der Waals surface area contributed by atoms with Gasteiger partial charge in [-0.2, -0.15) is 5.10 Å². The van der Waals surface area contributed by atoms with Gasteiger partial charge in [0.2, 0.25) is 10.0 Å². The molecule has 10 heteroatoms. The summed E-state index contributed by atoms with van der Waals surface area (Å²) in [5.41, 5.74) is -0.439. The van der Waals surface area contributed by atoms with E-state index < -0.39 is 20.6 Å². The number of para-hydroxylation sites is 1. The molecule has 0 unspecified atom stereocenters. The molecular weight excluding hydrogens is 376 g/mol. The molecule has 0 saturated carbocycles. The van der Waals surface area contributed by atoms with Crippen LogP contribution >= 0.6 is 15.9 Å². The van der Waals surface area contributed by atoms with Crippen LogP contribution in [0.15, 0.2) is 46.0 Å². The molecule has 1 aromatic heterocycles. The number of benzene rings is 1. The lowest BCUT2D eigenvalue weighted by atomic mass is 10.3. The second-order valence-electron chi connectivity index (χ2n) is 4.40. The van der Waals surface area contributed by atoms with E-state index >= 15 is 0 Å². The third kappa shape index (κ3) is 4.12. The standard InChI is InChI=1S/C12H13BrN4O4S/c13-10-8-14-16(9-10)7-3-6-15-22(20,21)12-5-2-1-4-11(12)17(18)19/h1-2,4-5,8-9,15H,3,6-7H2. The number of nitro groups is 1. The number of aromatic nitrogens is 2. The Kier molecular flexibility index (Phi) is 5.27. The van der Waals surface area contributed by atoms with Gasteiger partial charge in [-0.3, -0.25) is 14.8 Å². The van der Waals surface area contributed by atoms with E-state index in [1.165, 1.54) is 18.2 Å². The van der Waals surface area contributed by atoms with Crippen LogP contribution in [-0.2, 0) is 16.6 Å².